The van der Waals surface area contributed by atoms with Gasteiger partial charge in [-0.2, -0.15) is 0 Å². The number of fused-ring (bicyclic) bond motifs is 5. The van der Waals surface area contributed by atoms with E-state index < -0.39 is 0 Å². The third kappa shape index (κ3) is 5.91. The van der Waals surface area contributed by atoms with E-state index >= 15 is 0 Å². The van der Waals surface area contributed by atoms with Crippen molar-refractivity contribution in [3.63, 3.8) is 0 Å². The summed E-state index contributed by atoms with van der Waals surface area (Å²) >= 11 is 0. The number of hydrogen-bond donors (Lipinski definition) is 0. The van der Waals surface area contributed by atoms with Crippen molar-refractivity contribution in [1.29, 1.82) is 0 Å². The highest BCUT2D eigenvalue weighted by Crippen LogP contribution is 2.44. The fourth-order valence-electron chi connectivity index (χ4n) is 8.71. The Kier molecular flexibility index (Phi) is 8.19. The molecule has 2 heteroatoms. The smallest absolute Gasteiger partial charge is 0.0542 e. The number of para-hydroxylation sites is 3. The lowest BCUT2D eigenvalue weighted by Gasteiger charge is -2.28. The Balaban J connectivity index is 1.05. The zero-order chi connectivity index (χ0) is 38.4. The molecule has 0 aliphatic rings. The van der Waals surface area contributed by atoms with Crippen LogP contribution < -0.4 is 4.90 Å². The van der Waals surface area contributed by atoms with Gasteiger partial charge < -0.3 is 9.47 Å². The molecule has 0 N–H and O–H groups in total. The summed E-state index contributed by atoms with van der Waals surface area (Å²) < 4.78 is 2.38. The van der Waals surface area contributed by atoms with Crippen molar-refractivity contribution in [2.45, 2.75) is 0 Å². The maximum absolute atomic E-state index is 2.43. The Bertz CT molecular complexity index is 3290. The summed E-state index contributed by atoms with van der Waals surface area (Å²) in [5.74, 6) is 0. The second kappa shape index (κ2) is 14.1. The van der Waals surface area contributed by atoms with Crippen LogP contribution in [0.3, 0.4) is 0 Å². The number of benzene rings is 10. The van der Waals surface area contributed by atoms with Gasteiger partial charge in [0.15, 0.2) is 0 Å². The van der Waals surface area contributed by atoms with Crippen molar-refractivity contribution >= 4 is 60.4 Å². The molecule has 0 amide bonds. The van der Waals surface area contributed by atoms with Crippen LogP contribution >= 0.6 is 0 Å². The first kappa shape index (κ1) is 33.6. The van der Waals surface area contributed by atoms with Crippen molar-refractivity contribution < 1.29 is 0 Å². The van der Waals surface area contributed by atoms with Gasteiger partial charge in [-0.3, -0.25) is 0 Å². The molecule has 0 radical (unpaired) electrons. The Labute approximate surface area is 338 Å². The van der Waals surface area contributed by atoms with E-state index in [1.54, 1.807) is 0 Å². The average molecular weight is 739 g/mol. The molecule has 0 saturated carbocycles. The van der Waals surface area contributed by atoms with E-state index in [0.717, 1.165) is 22.7 Å². The molecule has 58 heavy (non-hydrogen) atoms. The van der Waals surface area contributed by atoms with Gasteiger partial charge in [-0.1, -0.05) is 158 Å². The predicted octanol–water partition coefficient (Wildman–Crippen LogP) is 15.6. The van der Waals surface area contributed by atoms with E-state index in [4.69, 9.17) is 0 Å². The molecule has 0 aliphatic carbocycles. The predicted molar refractivity (Wildman–Crippen MR) is 247 cm³/mol. The van der Waals surface area contributed by atoms with Gasteiger partial charge in [-0.15, -0.1) is 0 Å². The first-order chi connectivity index (χ1) is 28.7. The summed E-state index contributed by atoms with van der Waals surface area (Å²) in [7, 11) is 0. The minimum absolute atomic E-state index is 1.10. The summed E-state index contributed by atoms with van der Waals surface area (Å²) in [6.07, 6.45) is 0. The van der Waals surface area contributed by atoms with Crippen LogP contribution in [-0.2, 0) is 0 Å². The first-order valence-electron chi connectivity index (χ1n) is 19.9. The highest BCUT2D eigenvalue weighted by molar-refractivity contribution is 6.11. The average Bonchev–Trinajstić information content (AvgIpc) is 3.63. The summed E-state index contributed by atoms with van der Waals surface area (Å²) in [6.45, 7) is 0. The molecule has 0 unspecified atom stereocenters. The number of rotatable bonds is 7. The van der Waals surface area contributed by atoms with Crippen LogP contribution in [0.25, 0.3) is 82.4 Å². The zero-order valence-corrected chi connectivity index (χ0v) is 31.8. The Morgan fingerprint density at radius 2 is 0.828 bits per heavy atom. The summed E-state index contributed by atoms with van der Waals surface area (Å²) in [5.41, 5.74) is 14.0. The largest absolute Gasteiger partial charge is 0.310 e. The quantitative estimate of drug-likeness (QED) is 0.158. The second-order valence-corrected chi connectivity index (χ2v) is 15.0. The van der Waals surface area contributed by atoms with Crippen LogP contribution in [0.4, 0.5) is 17.1 Å². The van der Waals surface area contributed by atoms with Crippen LogP contribution in [0.2, 0.25) is 0 Å². The highest BCUT2D eigenvalue weighted by Gasteiger charge is 2.20. The first-order valence-corrected chi connectivity index (χ1v) is 19.9. The van der Waals surface area contributed by atoms with E-state index in [0.29, 0.717) is 0 Å². The molecule has 0 aliphatic heterocycles. The van der Waals surface area contributed by atoms with Gasteiger partial charge in [-0.25, -0.2) is 0 Å². The van der Waals surface area contributed by atoms with E-state index in [1.165, 1.54) is 76.7 Å². The SMILES string of the molecule is c1ccc(-c2ccccc2N(c2cccc(-c3ccc4cc(-c5ccc6ccccc6c5)ccc4c3)c2)c2ccc3c(c2)c2ccccc2n3-c2ccccc2)cc1. The molecule has 1 aromatic heterocycles. The van der Waals surface area contributed by atoms with Gasteiger partial charge in [0.25, 0.3) is 0 Å². The molecule has 11 rings (SSSR count). The molecule has 272 valence electrons. The third-order valence-electron chi connectivity index (χ3n) is 11.5. The van der Waals surface area contributed by atoms with E-state index in [-0.39, 0.29) is 0 Å². The molecular formula is C56H38N2. The van der Waals surface area contributed by atoms with Crippen LogP contribution in [0, 0.1) is 0 Å². The van der Waals surface area contributed by atoms with Crippen molar-refractivity contribution in [1.82, 2.24) is 4.57 Å². The third-order valence-corrected chi connectivity index (χ3v) is 11.5. The van der Waals surface area contributed by atoms with Crippen molar-refractivity contribution in [3.8, 4) is 39.1 Å². The number of aromatic nitrogens is 1. The second-order valence-electron chi connectivity index (χ2n) is 15.0. The normalized spacial score (nSPS) is 11.4. The highest BCUT2D eigenvalue weighted by atomic mass is 15.1. The lowest BCUT2D eigenvalue weighted by atomic mass is 9.96. The summed E-state index contributed by atoms with van der Waals surface area (Å²) in [5, 5.41) is 7.42. The molecule has 0 fully saturated rings. The maximum Gasteiger partial charge on any atom is 0.0542 e. The monoisotopic (exact) mass is 738 g/mol. The Morgan fingerprint density at radius 3 is 1.59 bits per heavy atom. The topological polar surface area (TPSA) is 8.17 Å². The van der Waals surface area contributed by atoms with Gasteiger partial charge in [0.1, 0.15) is 0 Å². The standard InChI is InChI=1S/C56H38N2/c1-3-15-40(16-4-1)51-22-9-11-24-54(51)57(50-32-33-56-53(38-50)52-23-10-12-25-55(52)58(56)48-19-5-2-6-20-48)49-21-13-18-42(37-49)43-28-29-47-36-46(31-30-45(47)35-43)44-27-26-39-14-7-8-17-41(39)34-44/h1-38H. The van der Waals surface area contributed by atoms with E-state index in [1.807, 2.05) is 0 Å². The van der Waals surface area contributed by atoms with E-state index in [9.17, 15) is 0 Å². The maximum atomic E-state index is 2.43. The summed E-state index contributed by atoms with van der Waals surface area (Å²) in [4.78, 5) is 2.43. The number of anilines is 3. The number of nitrogens with zero attached hydrogens (tertiary/aromatic N) is 2. The molecule has 10 aromatic carbocycles. The minimum Gasteiger partial charge on any atom is -0.310 e. The Hall–Kier alpha value is -7.68. The fourth-order valence-corrected chi connectivity index (χ4v) is 8.71. The van der Waals surface area contributed by atoms with Crippen LogP contribution in [0.15, 0.2) is 231 Å². The van der Waals surface area contributed by atoms with Crippen LogP contribution in [0.5, 0.6) is 0 Å². The van der Waals surface area contributed by atoms with Gasteiger partial charge in [0.05, 0.1) is 16.7 Å². The van der Waals surface area contributed by atoms with Crippen LogP contribution in [-0.4, -0.2) is 4.57 Å². The minimum atomic E-state index is 1.10. The van der Waals surface area contributed by atoms with Crippen molar-refractivity contribution in [3.05, 3.63) is 231 Å². The molecule has 0 bridgehead atoms. The Morgan fingerprint density at radius 1 is 0.293 bits per heavy atom. The van der Waals surface area contributed by atoms with Crippen LogP contribution in [0.1, 0.15) is 0 Å². The molecular weight excluding hydrogens is 701 g/mol. The van der Waals surface area contributed by atoms with Gasteiger partial charge in [-0.05, 0) is 122 Å². The number of hydrogen-bond acceptors (Lipinski definition) is 1. The zero-order valence-electron chi connectivity index (χ0n) is 31.8. The molecule has 11 aromatic rings. The molecule has 2 nitrogen and oxygen atoms in total. The fraction of sp³-hybridized carbons (Fsp3) is 0. The van der Waals surface area contributed by atoms with Crippen molar-refractivity contribution in [2.75, 3.05) is 4.90 Å². The summed E-state index contributed by atoms with van der Waals surface area (Å²) in [6, 6.07) is 83.8. The molecule has 1 heterocycles. The lowest BCUT2D eigenvalue weighted by Crippen LogP contribution is -2.11. The van der Waals surface area contributed by atoms with Gasteiger partial charge in [0.2, 0.25) is 0 Å². The lowest BCUT2D eigenvalue weighted by molar-refractivity contribution is 1.18. The molecule has 0 atom stereocenters. The molecule has 0 saturated heterocycles. The van der Waals surface area contributed by atoms with E-state index in [2.05, 4.69) is 240 Å². The van der Waals surface area contributed by atoms with Gasteiger partial charge >= 0.3 is 0 Å². The molecule has 0 spiro atoms. The van der Waals surface area contributed by atoms with Gasteiger partial charge in [0, 0.05) is 33.4 Å². The van der Waals surface area contributed by atoms with Crippen molar-refractivity contribution in [2.24, 2.45) is 0 Å².